The number of hydrogen-bond donors (Lipinski definition) is 1. The summed E-state index contributed by atoms with van der Waals surface area (Å²) >= 11 is 0. The first kappa shape index (κ1) is 11.2. The van der Waals surface area contributed by atoms with Crippen molar-refractivity contribution in [2.24, 2.45) is 0 Å². The van der Waals surface area contributed by atoms with Gasteiger partial charge < -0.3 is 10.1 Å². The fourth-order valence-electron chi connectivity index (χ4n) is 1.28. The quantitative estimate of drug-likeness (QED) is 0.699. The maximum absolute atomic E-state index is 4.97. The third kappa shape index (κ3) is 4.40. The molecule has 0 bridgehead atoms. The van der Waals surface area contributed by atoms with Gasteiger partial charge in [0, 0.05) is 20.3 Å². The third-order valence-corrected chi connectivity index (χ3v) is 2.15. The summed E-state index contributed by atoms with van der Waals surface area (Å²) in [5, 5.41) is 3.38. The molecule has 0 aliphatic rings. The van der Waals surface area contributed by atoms with Gasteiger partial charge in [0.25, 0.3) is 0 Å². The van der Waals surface area contributed by atoms with E-state index in [2.05, 4.69) is 36.5 Å². The van der Waals surface area contributed by atoms with E-state index in [9.17, 15) is 0 Å². The molecule has 0 saturated carbocycles. The maximum atomic E-state index is 4.97. The molecule has 0 spiro atoms. The molecule has 0 aliphatic carbocycles. The van der Waals surface area contributed by atoms with Gasteiger partial charge in [-0.2, -0.15) is 0 Å². The van der Waals surface area contributed by atoms with Gasteiger partial charge in [-0.05, 0) is 25.5 Å². The number of aryl methyl sites for hydroxylation is 1. The lowest BCUT2D eigenvalue weighted by Gasteiger charge is -2.04. The highest BCUT2D eigenvalue weighted by Crippen LogP contribution is 2.02. The van der Waals surface area contributed by atoms with Gasteiger partial charge in [0.1, 0.15) is 0 Å². The lowest BCUT2D eigenvalue weighted by molar-refractivity contribution is 0.194. The minimum Gasteiger partial charge on any atom is -0.385 e. The average molecular weight is 193 g/mol. The van der Waals surface area contributed by atoms with Gasteiger partial charge in [0.05, 0.1) is 0 Å². The lowest BCUT2D eigenvalue weighted by atomic mass is 10.1. The molecule has 0 fully saturated rings. The summed E-state index contributed by atoms with van der Waals surface area (Å²) in [6.07, 6.45) is 1.07. The Morgan fingerprint density at radius 1 is 1.21 bits per heavy atom. The topological polar surface area (TPSA) is 21.3 Å². The molecule has 0 amide bonds. The van der Waals surface area contributed by atoms with Crippen LogP contribution in [0.4, 0.5) is 0 Å². The standard InChI is InChI=1S/C12H19NO/c1-11-4-6-12(7-5-11)10-13-8-3-9-14-2/h4-7,13H,3,8-10H2,1-2H3. The average Bonchev–Trinajstić information content (AvgIpc) is 2.21. The molecule has 0 saturated heterocycles. The Kier molecular flexibility index (Phi) is 5.27. The number of hydrogen-bond acceptors (Lipinski definition) is 2. The van der Waals surface area contributed by atoms with Crippen molar-refractivity contribution in [1.29, 1.82) is 0 Å². The van der Waals surface area contributed by atoms with Crippen LogP contribution in [0.3, 0.4) is 0 Å². The molecule has 1 rings (SSSR count). The smallest absolute Gasteiger partial charge is 0.0474 e. The highest BCUT2D eigenvalue weighted by Gasteiger charge is 1.91. The van der Waals surface area contributed by atoms with Crippen LogP contribution >= 0.6 is 0 Å². The summed E-state index contributed by atoms with van der Waals surface area (Å²) in [6.45, 7) is 4.91. The van der Waals surface area contributed by atoms with Crippen molar-refractivity contribution in [2.45, 2.75) is 19.9 Å². The summed E-state index contributed by atoms with van der Waals surface area (Å²) in [7, 11) is 1.74. The summed E-state index contributed by atoms with van der Waals surface area (Å²) in [4.78, 5) is 0. The van der Waals surface area contributed by atoms with Crippen LogP contribution in [0.1, 0.15) is 17.5 Å². The number of rotatable bonds is 6. The van der Waals surface area contributed by atoms with E-state index in [-0.39, 0.29) is 0 Å². The van der Waals surface area contributed by atoms with E-state index in [0.29, 0.717) is 0 Å². The van der Waals surface area contributed by atoms with Gasteiger partial charge in [-0.1, -0.05) is 29.8 Å². The fourth-order valence-corrected chi connectivity index (χ4v) is 1.28. The van der Waals surface area contributed by atoms with Gasteiger partial charge >= 0.3 is 0 Å². The molecular formula is C12H19NO. The number of benzene rings is 1. The first-order chi connectivity index (χ1) is 6.83. The second kappa shape index (κ2) is 6.57. The van der Waals surface area contributed by atoms with Crippen LogP contribution in [0.2, 0.25) is 0 Å². The zero-order valence-corrected chi connectivity index (χ0v) is 9.05. The number of methoxy groups -OCH3 is 1. The first-order valence-electron chi connectivity index (χ1n) is 5.08. The van der Waals surface area contributed by atoms with Crippen LogP contribution in [0, 0.1) is 6.92 Å². The zero-order valence-electron chi connectivity index (χ0n) is 9.05. The molecule has 1 aromatic carbocycles. The molecule has 2 heteroatoms. The molecular weight excluding hydrogens is 174 g/mol. The van der Waals surface area contributed by atoms with E-state index < -0.39 is 0 Å². The third-order valence-electron chi connectivity index (χ3n) is 2.15. The Bertz CT molecular complexity index is 243. The van der Waals surface area contributed by atoms with E-state index >= 15 is 0 Å². The van der Waals surface area contributed by atoms with Gasteiger partial charge in [0.15, 0.2) is 0 Å². The minimum absolute atomic E-state index is 0.834. The minimum atomic E-state index is 0.834. The van der Waals surface area contributed by atoms with Crippen molar-refractivity contribution in [3.8, 4) is 0 Å². The molecule has 0 aliphatic heterocycles. The SMILES string of the molecule is COCCCNCc1ccc(C)cc1. The number of nitrogens with one attached hydrogen (secondary N) is 1. The second-order valence-corrected chi connectivity index (χ2v) is 3.51. The normalized spacial score (nSPS) is 10.4. The van der Waals surface area contributed by atoms with Crippen LogP contribution in [0.25, 0.3) is 0 Å². The molecule has 0 aromatic heterocycles. The molecule has 14 heavy (non-hydrogen) atoms. The van der Waals surface area contributed by atoms with E-state index in [4.69, 9.17) is 4.74 Å². The molecule has 78 valence electrons. The second-order valence-electron chi connectivity index (χ2n) is 3.51. The van der Waals surface area contributed by atoms with Crippen LogP contribution < -0.4 is 5.32 Å². The van der Waals surface area contributed by atoms with Crippen LogP contribution in [-0.2, 0) is 11.3 Å². The fraction of sp³-hybridized carbons (Fsp3) is 0.500. The van der Waals surface area contributed by atoms with E-state index in [0.717, 1.165) is 26.1 Å². The first-order valence-corrected chi connectivity index (χ1v) is 5.08. The van der Waals surface area contributed by atoms with E-state index in [1.54, 1.807) is 7.11 Å². The molecule has 1 aromatic rings. The van der Waals surface area contributed by atoms with E-state index in [1.807, 2.05) is 0 Å². The van der Waals surface area contributed by atoms with E-state index in [1.165, 1.54) is 11.1 Å². The van der Waals surface area contributed by atoms with Gasteiger partial charge in [-0.3, -0.25) is 0 Å². The zero-order chi connectivity index (χ0) is 10.2. The summed E-state index contributed by atoms with van der Waals surface area (Å²) in [6, 6.07) is 8.62. The predicted octanol–water partition coefficient (Wildman–Crippen LogP) is 2.12. The molecule has 0 atom stereocenters. The Morgan fingerprint density at radius 3 is 2.57 bits per heavy atom. The number of ether oxygens (including phenoxy) is 1. The predicted molar refractivity (Wildman–Crippen MR) is 59.4 cm³/mol. The largest absolute Gasteiger partial charge is 0.385 e. The Balaban J connectivity index is 2.15. The maximum Gasteiger partial charge on any atom is 0.0474 e. The summed E-state index contributed by atoms with van der Waals surface area (Å²) < 4.78 is 4.97. The van der Waals surface area contributed by atoms with Crippen molar-refractivity contribution >= 4 is 0 Å². The van der Waals surface area contributed by atoms with Crippen molar-refractivity contribution in [2.75, 3.05) is 20.3 Å². The van der Waals surface area contributed by atoms with Crippen LogP contribution in [-0.4, -0.2) is 20.3 Å². The molecule has 2 nitrogen and oxygen atoms in total. The molecule has 1 N–H and O–H groups in total. The summed E-state index contributed by atoms with van der Waals surface area (Å²) in [5.41, 5.74) is 2.65. The highest BCUT2D eigenvalue weighted by atomic mass is 16.5. The van der Waals surface area contributed by atoms with Gasteiger partial charge in [0.2, 0.25) is 0 Å². The Hall–Kier alpha value is -0.860. The van der Waals surface area contributed by atoms with Crippen molar-refractivity contribution in [3.63, 3.8) is 0 Å². The van der Waals surface area contributed by atoms with Crippen molar-refractivity contribution in [1.82, 2.24) is 5.32 Å². The molecule has 0 radical (unpaired) electrons. The van der Waals surface area contributed by atoms with Crippen molar-refractivity contribution in [3.05, 3.63) is 35.4 Å². The van der Waals surface area contributed by atoms with Crippen LogP contribution in [0.15, 0.2) is 24.3 Å². The highest BCUT2D eigenvalue weighted by molar-refractivity contribution is 5.20. The lowest BCUT2D eigenvalue weighted by Crippen LogP contribution is -2.15. The van der Waals surface area contributed by atoms with Crippen molar-refractivity contribution < 1.29 is 4.74 Å². The molecule has 0 unspecified atom stereocenters. The monoisotopic (exact) mass is 193 g/mol. The molecule has 0 heterocycles. The van der Waals surface area contributed by atoms with Crippen LogP contribution in [0.5, 0.6) is 0 Å². The summed E-state index contributed by atoms with van der Waals surface area (Å²) in [5.74, 6) is 0. The Labute approximate surface area is 86.3 Å². The van der Waals surface area contributed by atoms with Gasteiger partial charge in [-0.25, -0.2) is 0 Å². The van der Waals surface area contributed by atoms with Gasteiger partial charge in [-0.15, -0.1) is 0 Å². The Morgan fingerprint density at radius 2 is 1.93 bits per heavy atom.